The summed E-state index contributed by atoms with van der Waals surface area (Å²) in [5.74, 6) is 1.81. The number of ether oxygens (including phenoxy) is 3. The van der Waals surface area contributed by atoms with Gasteiger partial charge >= 0.3 is 17.9 Å². The van der Waals surface area contributed by atoms with Crippen LogP contribution in [0.3, 0.4) is 0 Å². The molecule has 3 unspecified atom stereocenters. The van der Waals surface area contributed by atoms with Crippen LogP contribution in [0.5, 0.6) is 0 Å². The Balaban J connectivity index is 4.23. The van der Waals surface area contributed by atoms with Crippen molar-refractivity contribution in [3.05, 3.63) is 0 Å². The first kappa shape index (κ1) is 68.4. The molecule has 416 valence electrons. The average molecular weight is 990 g/mol. The van der Waals surface area contributed by atoms with Gasteiger partial charge in [-0.2, -0.15) is 0 Å². The molecule has 0 aliphatic carbocycles. The second kappa shape index (κ2) is 55.2. The number of rotatable bonds is 57. The van der Waals surface area contributed by atoms with E-state index in [0.717, 1.165) is 75.5 Å². The van der Waals surface area contributed by atoms with Crippen LogP contribution in [0.25, 0.3) is 0 Å². The van der Waals surface area contributed by atoms with E-state index in [2.05, 4.69) is 41.5 Å². The van der Waals surface area contributed by atoms with Crippen LogP contribution in [-0.4, -0.2) is 37.2 Å². The van der Waals surface area contributed by atoms with Crippen molar-refractivity contribution in [3.8, 4) is 0 Å². The zero-order valence-corrected chi connectivity index (χ0v) is 48.3. The topological polar surface area (TPSA) is 78.9 Å². The van der Waals surface area contributed by atoms with E-state index in [1.165, 1.54) is 238 Å². The Morgan fingerprint density at radius 3 is 0.671 bits per heavy atom. The van der Waals surface area contributed by atoms with E-state index in [1.54, 1.807) is 0 Å². The van der Waals surface area contributed by atoms with Crippen molar-refractivity contribution in [1.29, 1.82) is 0 Å². The van der Waals surface area contributed by atoms with Gasteiger partial charge in [0, 0.05) is 19.3 Å². The first-order chi connectivity index (χ1) is 34.2. The summed E-state index contributed by atoms with van der Waals surface area (Å²) in [6.07, 6.45) is 59.5. The molecule has 6 nitrogen and oxygen atoms in total. The predicted octanol–water partition coefficient (Wildman–Crippen LogP) is 21.1. The molecule has 0 aromatic rings. The van der Waals surface area contributed by atoms with Gasteiger partial charge in [-0.3, -0.25) is 14.4 Å². The van der Waals surface area contributed by atoms with E-state index in [0.29, 0.717) is 19.3 Å². The van der Waals surface area contributed by atoms with E-state index in [1.807, 2.05) is 0 Å². The molecule has 0 spiro atoms. The summed E-state index contributed by atoms with van der Waals surface area (Å²) >= 11 is 0. The molecule has 0 bridgehead atoms. The third-order valence-corrected chi connectivity index (χ3v) is 15.7. The fourth-order valence-electron chi connectivity index (χ4n) is 9.79. The fraction of sp³-hybridized carbons (Fsp3) is 0.953. The molecule has 0 amide bonds. The van der Waals surface area contributed by atoms with Gasteiger partial charge in [0.1, 0.15) is 13.2 Å². The lowest BCUT2D eigenvalue weighted by Gasteiger charge is -2.18. The monoisotopic (exact) mass is 989 g/mol. The Hall–Kier alpha value is -1.59. The van der Waals surface area contributed by atoms with Crippen molar-refractivity contribution in [2.45, 2.75) is 362 Å². The predicted molar refractivity (Wildman–Crippen MR) is 303 cm³/mol. The summed E-state index contributed by atoms with van der Waals surface area (Å²) in [6, 6.07) is 0. The summed E-state index contributed by atoms with van der Waals surface area (Å²) in [5, 5.41) is 0. The molecule has 0 fully saturated rings. The van der Waals surface area contributed by atoms with Crippen LogP contribution in [-0.2, 0) is 28.6 Å². The highest BCUT2D eigenvalue weighted by Crippen LogP contribution is 2.20. The van der Waals surface area contributed by atoms with Gasteiger partial charge in [0.2, 0.25) is 0 Å². The highest BCUT2D eigenvalue weighted by atomic mass is 16.6. The Morgan fingerprint density at radius 2 is 0.457 bits per heavy atom. The molecule has 0 saturated carbocycles. The third-order valence-electron chi connectivity index (χ3n) is 15.7. The number of hydrogen-bond donors (Lipinski definition) is 0. The Labute approximate surface area is 438 Å². The quantitative estimate of drug-likeness (QED) is 0.0343. The summed E-state index contributed by atoms with van der Waals surface area (Å²) in [4.78, 5) is 38.2. The molecule has 0 aromatic carbocycles. The molecule has 0 aliphatic heterocycles. The van der Waals surface area contributed by atoms with Crippen molar-refractivity contribution in [2.24, 2.45) is 17.8 Å². The van der Waals surface area contributed by atoms with Crippen LogP contribution in [0.15, 0.2) is 0 Å². The van der Waals surface area contributed by atoms with Crippen molar-refractivity contribution in [3.63, 3.8) is 0 Å². The summed E-state index contributed by atoms with van der Waals surface area (Å²) in [5.41, 5.74) is 0. The maximum Gasteiger partial charge on any atom is 0.306 e. The second-order valence-corrected chi connectivity index (χ2v) is 22.8. The van der Waals surface area contributed by atoms with E-state index in [9.17, 15) is 14.4 Å². The Kier molecular flexibility index (Phi) is 53.9. The lowest BCUT2D eigenvalue weighted by atomic mass is 9.99. The van der Waals surface area contributed by atoms with E-state index >= 15 is 0 Å². The molecule has 0 rings (SSSR count). The molecule has 0 saturated heterocycles. The molecular formula is C64H124O6. The third kappa shape index (κ3) is 52.7. The van der Waals surface area contributed by atoms with Gasteiger partial charge in [-0.1, -0.05) is 318 Å². The minimum atomic E-state index is -0.765. The lowest BCUT2D eigenvalue weighted by Crippen LogP contribution is -2.30. The number of esters is 3. The number of carbonyl (C=O) groups is 3. The first-order valence-corrected chi connectivity index (χ1v) is 31.7. The zero-order valence-electron chi connectivity index (χ0n) is 48.3. The molecule has 0 radical (unpaired) electrons. The van der Waals surface area contributed by atoms with Crippen molar-refractivity contribution in [2.75, 3.05) is 13.2 Å². The molecule has 0 aromatic heterocycles. The standard InChI is InChI=1S/C64H124O6/c1-7-58(4)50-44-38-32-26-22-18-14-12-10-11-13-15-20-24-28-35-41-47-53-62(65)68-56-61(70-64(67)55-49-43-37-31-30-34-40-46-52-60(6)9-3)57-69-63(66)54-48-42-36-29-25-21-17-16-19-23-27-33-39-45-51-59(5)8-2/h58-61H,7-57H2,1-6H3/t58?,59?,60?,61-/m0/s1. The zero-order chi connectivity index (χ0) is 51.2. The Bertz CT molecular complexity index is 1090. The molecule has 0 N–H and O–H groups in total. The van der Waals surface area contributed by atoms with Gasteiger partial charge in [-0.15, -0.1) is 0 Å². The normalized spacial score (nSPS) is 13.3. The van der Waals surface area contributed by atoms with Gasteiger partial charge < -0.3 is 14.2 Å². The summed E-state index contributed by atoms with van der Waals surface area (Å²) in [6.45, 7) is 13.9. The van der Waals surface area contributed by atoms with Crippen LogP contribution >= 0.6 is 0 Å². The molecule has 0 aliphatic rings. The maximum atomic E-state index is 12.9. The van der Waals surface area contributed by atoms with Crippen LogP contribution in [0.2, 0.25) is 0 Å². The summed E-state index contributed by atoms with van der Waals surface area (Å²) in [7, 11) is 0. The average Bonchev–Trinajstić information content (AvgIpc) is 3.36. The van der Waals surface area contributed by atoms with Crippen molar-refractivity contribution in [1.82, 2.24) is 0 Å². The van der Waals surface area contributed by atoms with Crippen molar-refractivity contribution >= 4 is 17.9 Å². The van der Waals surface area contributed by atoms with E-state index in [4.69, 9.17) is 14.2 Å². The molecular weight excluding hydrogens is 865 g/mol. The van der Waals surface area contributed by atoms with Gasteiger partial charge in [-0.05, 0) is 37.0 Å². The first-order valence-electron chi connectivity index (χ1n) is 31.7. The number of carbonyl (C=O) groups excluding carboxylic acids is 3. The smallest absolute Gasteiger partial charge is 0.306 e. The van der Waals surface area contributed by atoms with Crippen molar-refractivity contribution < 1.29 is 28.6 Å². The maximum absolute atomic E-state index is 12.9. The second-order valence-electron chi connectivity index (χ2n) is 22.8. The number of hydrogen-bond acceptors (Lipinski definition) is 6. The van der Waals surface area contributed by atoms with Crippen LogP contribution in [0.4, 0.5) is 0 Å². The van der Waals surface area contributed by atoms with Gasteiger partial charge in [0.05, 0.1) is 0 Å². The fourth-order valence-corrected chi connectivity index (χ4v) is 9.79. The van der Waals surface area contributed by atoms with Gasteiger partial charge in [0.15, 0.2) is 6.10 Å². The minimum Gasteiger partial charge on any atom is -0.462 e. The minimum absolute atomic E-state index is 0.0633. The Morgan fingerprint density at radius 1 is 0.271 bits per heavy atom. The van der Waals surface area contributed by atoms with Crippen LogP contribution in [0, 0.1) is 17.8 Å². The molecule has 0 heterocycles. The molecule has 6 heteroatoms. The highest BCUT2D eigenvalue weighted by molar-refractivity contribution is 5.71. The number of unbranched alkanes of at least 4 members (excludes halogenated alkanes) is 37. The molecule has 70 heavy (non-hydrogen) atoms. The lowest BCUT2D eigenvalue weighted by molar-refractivity contribution is -0.167. The largest absolute Gasteiger partial charge is 0.462 e. The SMILES string of the molecule is CCC(C)CCCCCCCCCCCCCCCCCCCCC(=O)OC[C@@H](COC(=O)CCCCCCCCCCCCCCCCC(C)CC)OC(=O)CCCCCCCCCCC(C)CC. The van der Waals surface area contributed by atoms with Gasteiger partial charge in [0.25, 0.3) is 0 Å². The van der Waals surface area contributed by atoms with Crippen LogP contribution < -0.4 is 0 Å². The molecule has 4 atom stereocenters. The van der Waals surface area contributed by atoms with E-state index < -0.39 is 6.10 Å². The van der Waals surface area contributed by atoms with E-state index in [-0.39, 0.29) is 31.1 Å². The highest BCUT2D eigenvalue weighted by Gasteiger charge is 2.19. The van der Waals surface area contributed by atoms with Gasteiger partial charge in [-0.25, -0.2) is 0 Å². The van der Waals surface area contributed by atoms with Crippen LogP contribution in [0.1, 0.15) is 356 Å². The summed E-state index contributed by atoms with van der Waals surface area (Å²) < 4.78 is 16.9.